The van der Waals surface area contributed by atoms with Crippen molar-refractivity contribution in [1.29, 1.82) is 0 Å². The van der Waals surface area contributed by atoms with Crippen LogP contribution in [0.2, 0.25) is 0 Å². The third-order valence-corrected chi connectivity index (χ3v) is 5.32. The molecule has 3 rings (SSSR count). The van der Waals surface area contributed by atoms with Gasteiger partial charge in [-0.3, -0.25) is 4.79 Å². The molecule has 1 atom stereocenters. The third-order valence-electron chi connectivity index (χ3n) is 4.45. The molecular weight excluding hydrogens is 334 g/mol. The van der Waals surface area contributed by atoms with Crippen molar-refractivity contribution in [2.45, 2.75) is 38.8 Å². The molecule has 25 heavy (non-hydrogen) atoms. The van der Waals surface area contributed by atoms with Gasteiger partial charge in [0.25, 0.3) is 0 Å². The Bertz CT molecular complexity index is 699. The van der Waals surface area contributed by atoms with Gasteiger partial charge in [-0.15, -0.1) is 11.3 Å². The summed E-state index contributed by atoms with van der Waals surface area (Å²) in [6.45, 7) is 4.21. The molecule has 1 unspecified atom stereocenters. The largest absolute Gasteiger partial charge is 0.486 e. The Morgan fingerprint density at radius 2 is 2.20 bits per heavy atom. The third kappa shape index (κ3) is 4.80. The normalized spacial score (nSPS) is 17.0. The topological polar surface area (TPSA) is 54.5 Å². The van der Waals surface area contributed by atoms with Gasteiger partial charge >= 0.3 is 0 Å². The molecule has 1 fully saturated rings. The fourth-order valence-corrected chi connectivity index (χ4v) is 3.85. The van der Waals surface area contributed by atoms with Crippen LogP contribution < -0.4 is 10.1 Å². The zero-order chi connectivity index (χ0) is 17.6. The number of aryl methyl sites for hydroxylation is 1. The molecule has 1 N–H and O–H groups in total. The van der Waals surface area contributed by atoms with Gasteiger partial charge in [-0.2, -0.15) is 0 Å². The molecule has 1 aliphatic rings. The van der Waals surface area contributed by atoms with Crippen LogP contribution in [0.3, 0.4) is 0 Å². The van der Waals surface area contributed by atoms with Gasteiger partial charge < -0.3 is 15.0 Å². The maximum absolute atomic E-state index is 12.6. The van der Waals surface area contributed by atoms with Gasteiger partial charge in [0.05, 0.1) is 12.1 Å². The van der Waals surface area contributed by atoms with Crippen molar-refractivity contribution in [3.63, 3.8) is 0 Å². The first-order valence-corrected chi connectivity index (χ1v) is 9.60. The summed E-state index contributed by atoms with van der Waals surface area (Å²) in [4.78, 5) is 19.1. The van der Waals surface area contributed by atoms with Crippen molar-refractivity contribution in [2.75, 3.05) is 20.1 Å². The maximum Gasteiger partial charge on any atom is 0.228 e. The Morgan fingerprint density at radius 1 is 1.40 bits per heavy atom. The van der Waals surface area contributed by atoms with Crippen LogP contribution in [0.15, 0.2) is 29.6 Å². The molecule has 1 aliphatic heterocycles. The van der Waals surface area contributed by atoms with E-state index in [1.807, 2.05) is 41.6 Å². The number of rotatable bonds is 7. The molecule has 1 aromatic carbocycles. The number of carbonyl (C=O) groups excluding carboxylic acids is 1. The molecule has 5 nitrogen and oxygen atoms in total. The minimum absolute atomic E-state index is 0.175. The lowest BCUT2D eigenvalue weighted by molar-refractivity contribution is -0.131. The van der Waals surface area contributed by atoms with E-state index in [0.717, 1.165) is 42.4 Å². The maximum atomic E-state index is 12.6. The molecular formula is C19H25N3O2S. The number of carbonyl (C=O) groups is 1. The number of ether oxygens (including phenoxy) is 1. The summed E-state index contributed by atoms with van der Waals surface area (Å²) >= 11 is 1.55. The summed E-state index contributed by atoms with van der Waals surface area (Å²) in [7, 11) is 1.93. The van der Waals surface area contributed by atoms with E-state index in [4.69, 9.17) is 4.74 Å². The van der Waals surface area contributed by atoms with E-state index in [9.17, 15) is 4.79 Å². The molecule has 1 aromatic heterocycles. The molecule has 134 valence electrons. The van der Waals surface area contributed by atoms with Crippen molar-refractivity contribution < 1.29 is 9.53 Å². The summed E-state index contributed by atoms with van der Waals surface area (Å²) in [6.07, 6.45) is 2.55. The Kier molecular flexibility index (Phi) is 6.04. The van der Waals surface area contributed by atoms with Gasteiger partial charge in [0.1, 0.15) is 17.4 Å². The van der Waals surface area contributed by atoms with E-state index in [1.165, 1.54) is 5.56 Å². The van der Waals surface area contributed by atoms with Crippen LogP contribution in [0, 0.1) is 6.92 Å². The van der Waals surface area contributed by atoms with Gasteiger partial charge in [-0.05, 0) is 38.9 Å². The van der Waals surface area contributed by atoms with E-state index >= 15 is 0 Å². The second-order valence-corrected chi connectivity index (χ2v) is 7.39. The Morgan fingerprint density at radius 3 is 2.96 bits per heavy atom. The summed E-state index contributed by atoms with van der Waals surface area (Å²) < 4.78 is 5.76. The van der Waals surface area contributed by atoms with Crippen LogP contribution in [0.4, 0.5) is 0 Å². The van der Waals surface area contributed by atoms with Crippen LogP contribution >= 0.6 is 11.3 Å². The lowest BCUT2D eigenvalue weighted by atomic mass is 10.2. The number of likely N-dealkylation sites (N-methyl/N-ethyl adjacent to an activating group) is 1. The van der Waals surface area contributed by atoms with Crippen LogP contribution in [0.5, 0.6) is 5.75 Å². The van der Waals surface area contributed by atoms with E-state index in [1.54, 1.807) is 11.3 Å². The average Bonchev–Trinajstić information content (AvgIpc) is 3.24. The molecule has 0 radical (unpaired) electrons. The number of amides is 1. The first-order valence-electron chi connectivity index (χ1n) is 8.72. The lowest BCUT2D eigenvalue weighted by Gasteiger charge is -2.24. The molecule has 6 heteroatoms. The van der Waals surface area contributed by atoms with Crippen molar-refractivity contribution >= 4 is 17.2 Å². The van der Waals surface area contributed by atoms with Gasteiger partial charge in [0.2, 0.25) is 5.91 Å². The summed E-state index contributed by atoms with van der Waals surface area (Å²) in [6, 6.07) is 8.30. The fourth-order valence-electron chi connectivity index (χ4n) is 3.14. The number of likely N-dealkylation sites (tertiary alicyclic amines) is 1. The first-order chi connectivity index (χ1) is 12.2. The average molecular weight is 359 g/mol. The monoisotopic (exact) mass is 359 g/mol. The number of hydrogen-bond acceptors (Lipinski definition) is 5. The molecule has 0 saturated carbocycles. The zero-order valence-corrected chi connectivity index (χ0v) is 15.6. The van der Waals surface area contributed by atoms with Crippen LogP contribution in [-0.2, 0) is 17.8 Å². The second-order valence-electron chi connectivity index (χ2n) is 6.45. The van der Waals surface area contributed by atoms with Crippen molar-refractivity contribution in [2.24, 2.45) is 0 Å². The Balaban J connectivity index is 1.52. The zero-order valence-electron chi connectivity index (χ0n) is 14.8. The summed E-state index contributed by atoms with van der Waals surface area (Å²) in [5.41, 5.74) is 2.05. The number of thiazole rings is 1. The predicted octanol–water partition coefficient (Wildman–Crippen LogP) is 2.78. The lowest BCUT2D eigenvalue weighted by Crippen LogP contribution is -2.41. The van der Waals surface area contributed by atoms with Gasteiger partial charge in [0.15, 0.2) is 0 Å². The number of benzene rings is 1. The molecule has 2 heterocycles. The molecule has 1 amide bonds. The number of nitrogens with one attached hydrogen (secondary N) is 1. The number of hydrogen-bond donors (Lipinski definition) is 1. The minimum Gasteiger partial charge on any atom is -0.486 e. The first kappa shape index (κ1) is 17.9. The van der Waals surface area contributed by atoms with Gasteiger partial charge in [-0.25, -0.2) is 4.98 Å². The fraction of sp³-hybridized carbons (Fsp3) is 0.474. The van der Waals surface area contributed by atoms with Gasteiger partial charge in [0, 0.05) is 24.5 Å². The van der Waals surface area contributed by atoms with E-state index in [0.29, 0.717) is 19.1 Å². The van der Waals surface area contributed by atoms with Crippen molar-refractivity contribution in [1.82, 2.24) is 15.2 Å². The SMILES string of the molecule is CNCC1CCCN1C(=O)Cc1csc(COc2ccc(C)cc2)n1. The number of aromatic nitrogens is 1. The predicted molar refractivity (Wildman–Crippen MR) is 100.0 cm³/mol. The second kappa shape index (κ2) is 8.45. The Labute approximate surface area is 153 Å². The molecule has 1 saturated heterocycles. The molecule has 0 spiro atoms. The van der Waals surface area contributed by atoms with E-state index in [-0.39, 0.29) is 5.91 Å². The highest BCUT2D eigenvalue weighted by Gasteiger charge is 2.28. The highest BCUT2D eigenvalue weighted by atomic mass is 32.1. The Hall–Kier alpha value is -1.92. The highest BCUT2D eigenvalue weighted by Crippen LogP contribution is 2.20. The van der Waals surface area contributed by atoms with Crippen LogP contribution in [0.1, 0.15) is 29.1 Å². The summed E-state index contributed by atoms with van der Waals surface area (Å²) in [5.74, 6) is 1.01. The highest BCUT2D eigenvalue weighted by molar-refractivity contribution is 7.09. The van der Waals surface area contributed by atoms with Gasteiger partial charge in [-0.1, -0.05) is 17.7 Å². The quantitative estimate of drug-likeness (QED) is 0.826. The van der Waals surface area contributed by atoms with E-state index < -0.39 is 0 Å². The van der Waals surface area contributed by atoms with Crippen molar-refractivity contribution in [3.8, 4) is 5.75 Å². The minimum atomic E-state index is 0.175. The van der Waals surface area contributed by atoms with Crippen LogP contribution in [-0.4, -0.2) is 42.0 Å². The van der Waals surface area contributed by atoms with E-state index in [2.05, 4.69) is 17.2 Å². The standard InChI is InChI=1S/C19H25N3O2S/c1-14-5-7-17(8-6-14)24-12-18-21-15(13-25-18)10-19(23)22-9-3-4-16(22)11-20-2/h5-8,13,16,20H,3-4,9-12H2,1-2H3. The molecule has 0 bridgehead atoms. The molecule has 2 aromatic rings. The molecule has 0 aliphatic carbocycles. The number of nitrogens with zero attached hydrogens (tertiary/aromatic N) is 2. The van der Waals surface area contributed by atoms with Crippen LogP contribution in [0.25, 0.3) is 0 Å². The smallest absolute Gasteiger partial charge is 0.228 e. The van der Waals surface area contributed by atoms with Crippen molar-refractivity contribution in [3.05, 3.63) is 45.9 Å². The summed E-state index contributed by atoms with van der Waals surface area (Å²) in [5, 5.41) is 6.04.